The van der Waals surface area contributed by atoms with Crippen LogP contribution in [-0.4, -0.2) is 67.4 Å². The van der Waals surface area contributed by atoms with Gasteiger partial charge in [0.2, 0.25) is 0 Å². The highest BCUT2D eigenvalue weighted by Crippen LogP contribution is 2.03. The van der Waals surface area contributed by atoms with Gasteiger partial charge in [-0.25, -0.2) is 4.79 Å². The van der Waals surface area contributed by atoms with E-state index >= 15 is 0 Å². The first-order valence-electron chi connectivity index (χ1n) is 5.69. The summed E-state index contributed by atoms with van der Waals surface area (Å²) in [7, 11) is 0. The van der Waals surface area contributed by atoms with Gasteiger partial charge in [0.1, 0.15) is 6.54 Å². The van der Waals surface area contributed by atoms with Crippen molar-refractivity contribution in [2.45, 2.75) is 13.0 Å². The smallest absolute Gasteiger partial charge is 0.323 e. The summed E-state index contributed by atoms with van der Waals surface area (Å²) >= 11 is 0. The predicted molar refractivity (Wildman–Crippen MR) is 60.9 cm³/mol. The molecule has 0 bridgehead atoms. The van der Waals surface area contributed by atoms with E-state index in [0.717, 1.165) is 19.6 Å². The van der Waals surface area contributed by atoms with E-state index in [-0.39, 0.29) is 12.6 Å². The molecule has 0 aliphatic carbocycles. The number of rotatable bonds is 5. The quantitative estimate of drug-likeness (QED) is 0.583. The van der Waals surface area contributed by atoms with Crippen molar-refractivity contribution in [3.05, 3.63) is 0 Å². The first-order chi connectivity index (χ1) is 8.11. The number of carboxylic acid groups (broad SMARTS) is 1. The van der Waals surface area contributed by atoms with Gasteiger partial charge in [-0.2, -0.15) is 0 Å². The molecule has 98 valence electrons. The topological polar surface area (TPSA) is 90.9 Å². The first-order valence-corrected chi connectivity index (χ1v) is 5.69. The van der Waals surface area contributed by atoms with E-state index in [2.05, 4.69) is 22.5 Å². The molecule has 0 aromatic rings. The number of hydrogen-bond donors (Lipinski definition) is 3. The summed E-state index contributed by atoms with van der Waals surface area (Å²) in [5.41, 5.74) is 0. The first kappa shape index (κ1) is 13.7. The molecule has 0 saturated carbocycles. The maximum Gasteiger partial charge on any atom is 0.323 e. The zero-order valence-electron chi connectivity index (χ0n) is 9.94. The third-order valence-corrected chi connectivity index (χ3v) is 2.56. The van der Waals surface area contributed by atoms with Crippen LogP contribution in [0.5, 0.6) is 0 Å². The molecule has 1 fully saturated rings. The van der Waals surface area contributed by atoms with Crippen LogP contribution in [0.25, 0.3) is 0 Å². The highest BCUT2D eigenvalue weighted by atomic mass is 16.5. The lowest BCUT2D eigenvalue weighted by molar-refractivity contribution is -0.135. The molecule has 0 aromatic carbocycles. The fraction of sp³-hybridized carbons (Fsp3) is 0.800. The Balaban J connectivity index is 2.16. The van der Waals surface area contributed by atoms with Crippen LogP contribution < -0.4 is 10.6 Å². The van der Waals surface area contributed by atoms with E-state index in [1.54, 1.807) is 0 Å². The number of nitrogens with one attached hydrogen (secondary N) is 2. The zero-order valence-corrected chi connectivity index (χ0v) is 9.94. The van der Waals surface area contributed by atoms with Crippen LogP contribution in [0.15, 0.2) is 0 Å². The molecule has 3 N–H and O–H groups in total. The Bertz CT molecular complexity index is 272. The highest BCUT2D eigenvalue weighted by molar-refractivity contribution is 5.79. The van der Waals surface area contributed by atoms with Gasteiger partial charge in [0.25, 0.3) is 0 Å². The number of amides is 2. The Morgan fingerprint density at radius 2 is 2.24 bits per heavy atom. The van der Waals surface area contributed by atoms with Gasteiger partial charge in [-0.3, -0.25) is 9.69 Å². The average Bonchev–Trinajstić information content (AvgIpc) is 2.34. The molecule has 1 unspecified atom stereocenters. The van der Waals surface area contributed by atoms with Gasteiger partial charge in [0.15, 0.2) is 0 Å². The number of carboxylic acids is 1. The van der Waals surface area contributed by atoms with E-state index < -0.39 is 12.0 Å². The van der Waals surface area contributed by atoms with Crippen molar-refractivity contribution >= 4 is 12.0 Å². The van der Waals surface area contributed by atoms with Gasteiger partial charge in [-0.1, -0.05) is 6.92 Å². The number of nitrogens with zero attached hydrogens (tertiary/aromatic N) is 1. The third kappa shape index (κ3) is 5.50. The van der Waals surface area contributed by atoms with E-state index in [9.17, 15) is 9.59 Å². The highest BCUT2D eigenvalue weighted by Gasteiger charge is 2.19. The normalized spacial score (nSPS) is 20.9. The summed E-state index contributed by atoms with van der Waals surface area (Å²) in [5.74, 6) is -1.06. The van der Waals surface area contributed by atoms with Crippen LogP contribution in [0.3, 0.4) is 0 Å². The van der Waals surface area contributed by atoms with Gasteiger partial charge < -0.3 is 20.5 Å². The van der Waals surface area contributed by atoms with Crippen LogP contribution in [0.2, 0.25) is 0 Å². The number of aliphatic carboxylic acids is 1. The average molecular weight is 245 g/mol. The number of urea groups is 1. The summed E-state index contributed by atoms with van der Waals surface area (Å²) < 4.78 is 5.49. The molecule has 0 radical (unpaired) electrons. The Morgan fingerprint density at radius 1 is 1.47 bits per heavy atom. The molecular weight excluding hydrogens is 226 g/mol. The minimum atomic E-state index is -1.06. The molecule has 1 rings (SSSR count). The van der Waals surface area contributed by atoms with Crippen molar-refractivity contribution in [3.8, 4) is 0 Å². The molecule has 7 nitrogen and oxygen atoms in total. The van der Waals surface area contributed by atoms with Crippen molar-refractivity contribution in [2.75, 3.05) is 39.3 Å². The second-order valence-corrected chi connectivity index (χ2v) is 3.84. The molecule has 1 atom stereocenters. The van der Waals surface area contributed by atoms with Crippen LogP contribution in [0.1, 0.15) is 6.92 Å². The molecular formula is C10H19N3O4. The number of carbonyl (C=O) groups is 2. The van der Waals surface area contributed by atoms with Crippen molar-refractivity contribution < 1.29 is 19.4 Å². The van der Waals surface area contributed by atoms with E-state index in [1.165, 1.54) is 0 Å². The number of carbonyl (C=O) groups excluding carboxylic acids is 1. The van der Waals surface area contributed by atoms with E-state index in [4.69, 9.17) is 9.84 Å². The Hall–Kier alpha value is -1.34. The minimum Gasteiger partial charge on any atom is -0.480 e. The second kappa shape index (κ2) is 7.08. The second-order valence-electron chi connectivity index (χ2n) is 3.84. The predicted octanol–water partition coefficient (Wildman–Crippen LogP) is -0.909. The molecule has 0 aromatic heterocycles. The van der Waals surface area contributed by atoms with Crippen molar-refractivity contribution in [1.29, 1.82) is 0 Å². The van der Waals surface area contributed by atoms with Gasteiger partial charge in [0, 0.05) is 19.6 Å². The number of hydrogen-bond acceptors (Lipinski definition) is 4. The lowest BCUT2D eigenvalue weighted by Crippen LogP contribution is -2.49. The monoisotopic (exact) mass is 245 g/mol. The number of ether oxygens (including phenoxy) is 1. The van der Waals surface area contributed by atoms with Gasteiger partial charge in [-0.15, -0.1) is 0 Å². The van der Waals surface area contributed by atoms with Gasteiger partial charge in [0.05, 0.1) is 12.7 Å². The number of morpholine rings is 1. The Labute approximate surface area is 100 Å². The zero-order chi connectivity index (χ0) is 12.7. The lowest BCUT2D eigenvalue weighted by Gasteiger charge is -2.32. The summed E-state index contributed by atoms with van der Waals surface area (Å²) in [6, 6.07) is -0.482. The minimum absolute atomic E-state index is 0.0284. The Kier molecular flexibility index (Phi) is 5.71. The fourth-order valence-electron chi connectivity index (χ4n) is 1.62. The van der Waals surface area contributed by atoms with E-state index in [1.807, 2.05) is 0 Å². The summed E-state index contributed by atoms with van der Waals surface area (Å²) in [5, 5.41) is 13.2. The molecule has 1 heterocycles. The standard InChI is InChI=1S/C10H19N3O4/c1-2-13-3-4-17-8(7-13)5-11-10(16)12-6-9(14)15/h8H,2-7H2,1H3,(H,14,15)(H2,11,12,16). The van der Waals surface area contributed by atoms with Crippen molar-refractivity contribution in [2.24, 2.45) is 0 Å². The Morgan fingerprint density at radius 3 is 2.88 bits per heavy atom. The molecule has 1 aliphatic rings. The van der Waals surface area contributed by atoms with Crippen LogP contribution >= 0.6 is 0 Å². The third-order valence-electron chi connectivity index (χ3n) is 2.56. The molecule has 2 amide bonds. The van der Waals surface area contributed by atoms with Crippen LogP contribution in [-0.2, 0) is 9.53 Å². The molecule has 0 spiro atoms. The SMILES string of the molecule is CCN1CCOC(CNC(=O)NCC(=O)O)C1. The van der Waals surface area contributed by atoms with Crippen molar-refractivity contribution in [1.82, 2.24) is 15.5 Å². The van der Waals surface area contributed by atoms with Gasteiger partial charge >= 0.3 is 12.0 Å². The largest absolute Gasteiger partial charge is 0.480 e. The maximum absolute atomic E-state index is 11.2. The number of likely N-dealkylation sites (N-methyl/N-ethyl adjacent to an activating group) is 1. The molecule has 17 heavy (non-hydrogen) atoms. The maximum atomic E-state index is 11.2. The van der Waals surface area contributed by atoms with Crippen LogP contribution in [0, 0.1) is 0 Å². The molecule has 7 heteroatoms. The van der Waals surface area contributed by atoms with E-state index in [0.29, 0.717) is 13.2 Å². The fourth-order valence-corrected chi connectivity index (χ4v) is 1.62. The lowest BCUT2D eigenvalue weighted by atomic mass is 10.2. The van der Waals surface area contributed by atoms with Crippen molar-refractivity contribution in [3.63, 3.8) is 0 Å². The molecule has 1 saturated heterocycles. The summed E-state index contributed by atoms with van der Waals surface area (Å²) in [6.45, 7) is 5.42. The van der Waals surface area contributed by atoms with Gasteiger partial charge in [-0.05, 0) is 6.54 Å². The summed E-state index contributed by atoms with van der Waals surface area (Å²) in [6.07, 6.45) is -0.0284. The van der Waals surface area contributed by atoms with Crippen LogP contribution in [0.4, 0.5) is 4.79 Å². The molecule has 1 aliphatic heterocycles. The summed E-state index contributed by atoms with van der Waals surface area (Å²) in [4.78, 5) is 23.6.